The van der Waals surface area contributed by atoms with Crippen LogP contribution in [0.15, 0.2) is 0 Å². The predicted octanol–water partition coefficient (Wildman–Crippen LogP) is 2.49. The standard InChI is InChI=1S/C7H14O2S.C5H12O2S.C4H10O2S/c1-6(2)10(8,9)5-7-3-4-7;1-4-8(6,7)5(2)3;1-4(2)7(3,5)6/h6-7H,3-5H2,1-2H3;5H,4H2,1-3H3;4H,1-3H3. The molecule has 1 fully saturated rings. The van der Waals surface area contributed by atoms with Crippen molar-refractivity contribution in [3.05, 3.63) is 0 Å². The third-order valence-electron chi connectivity index (χ3n) is 3.86. The maximum atomic E-state index is 11.2. The Morgan fingerprint density at radius 2 is 1.04 bits per heavy atom. The first-order chi connectivity index (χ1) is 11.0. The van der Waals surface area contributed by atoms with Crippen molar-refractivity contribution >= 4 is 29.5 Å². The lowest BCUT2D eigenvalue weighted by molar-refractivity contribution is 0.583. The fourth-order valence-electron chi connectivity index (χ4n) is 1.14. The number of rotatable bonds is 6. The molecule has 25 heavy (non-hydrogen) atoms. The van der Waals surface area contributed by atoms with Gasteiger partial charge in [-0.3, -0.25) is 0 Å². The third kappa shape index (κ3) is 13.7. The summed E-state index contributed by atoms with van der Waals surface area (Å²) in [5.74, 6) is 1.17. The van der Waals surface area contributed by atoms with Gasteiger partial charge in [-0.1, -0.05) is 6.92 Å². The van der Waals surface area contributed by atoms with Crippen LogP contribution in [0.4, 0.5) is 0 Å². The van der Waals surface area contributed by atoms with E-state index in [0.29, 0.717) is 11.7 Å². The van der Waals surface area contributed by atoms with E-state index >= 15 is 0 Å². The van der Waals surface area contributed by atoms with Crippen molar-refractivity contribution in [1.29, 1.82) is 0 Å². The van der Waals surface area contributed by atoms with E-state index < -0.39 is 29.5 Å². The summed E-state index contributed by atoms with van der Waals surface area (Å²) >= 11 is 0. The fraction of sp³-hybridized carbons (Fsp3) is 1.00. The molecule has 0 aromatic carbocycles. The summed E-state index contributed by atoms with van der Waals surface area (Å²) in [6, 6.07) is 0. The van der Waals surface area contributed by atoms with Gasteiger partial charge < -0.3 is 0 Å². The second kappa shape index (κ2) is 10.9. The van der Waals surface area contributed by atoms with Gasteiger partial charge in [0.1, 0.15) is 9.84 Å². The molecular formula is C16H36O6S3. The van der Waals surface area contributed by atoms with Crippen LogP contribution in [0.5, 0.6) is 0 Å². The van der Waals surface area contributed by atoms with Gasteiger partial charge in [0, 0.05) is 12.0 Å². The fourth-order valence-corrected chi connectivity index (χ4v) is 3.18. The molecule has 0 saturated heterocycles. The molecule has 1 saturated carbocycles. The Bertz CT molecular complexity index is 667. The second-order valence-corrected chi connectivity index (χ2v) is 15.2. The Balaban J connectivity index is 0. The van der Waals surface area contributed by atoms with Gasteiger partial charge in [-0.25, -0.2) is 25.3 Å². The van der Waals surface area contributed by atoms with Crippen LogP contribution in [0, 0.1) is 5.92 Å². The number of sulfone groups is 3. The van der Waals surface area contributed by atoms with E-state index in [0.717, 1.165) is 12.8 Å². The molecule has 1 rings (SSSR count). The van der Waals surface area contributed by atoms with Crippen molar-refractivity contribution in [2.75, 3.05) is 17.8 Å². The van der Waals surface area contributed by atoms with Gasteiger partial charge in [0.15, 0.2) is 19.7 Å². The van der Waals surface area contributed by atoms with E-state index in [9.17, 15) is 25.3 Å². The Kier molecular flexibility index (Phi) is 11.8. The van der Waals surface area contributed by atoms with E-state index in [1.807, 2.05) is 0 Å². The van der Waals surface area contributed by atoms with Gasteiger partial charge in [0.25, 0.3) is 0 Å². The molecule has 0 spiro atoms. The molecular weight excluding hydrogens is 384 g/mol. The van der Waals surface area contributed by atoms with Crippen molar-refractivity contribution in [2.45, 2.75) is 77.1 Å². The van der Waals surface area contributed by atoms with Gasteiger partial charge in [-0.2, -0.15) is 0 Å². The number of hydrogen-bond donors (Lipinski definition) is 0. The van der Waals surface area contributed by atoms with Crippen molar-refractivity contribution in [2.24, 2.45) is 5.92 Å². The second-order valence-electron chi connectivity index (χ2n) is 7.20. The molecule has 0 amide bonds. The largest absolute Gasteiger partial charge is 0.229 e. The Morgan fingerprint density at radius 3 is 1.16 bits per heavy atom. The summed E-state index contributed by atoms with van der Waals surface area (Å²) in [5.41, 5.74) is 0. The Hall–Kier alpha value is -0.150. The first-order valence-electron chi connectivity index (χ1n) is 8.59. The molecule has 0 aromatic heterocycles. The minimum atomic E-state index is -2.74. The molecule has 1 aliphatic carbocycles. The zero-order valence-corrected chi connectivity index (χ0v) is 19.3. The van der Waals surface area contributed by atoms with Crippen LogP contribution < -0.4 is 0 Å². The van der Waals surface area contributed by atoms with Crippen LogP contribution in [0.2, 0.25) is 0 Å². The highest BCUT2D eigenvalue weighted by molar-refractivity contribution is 7.92. The summed E-state index contributed by atoms with van der Waals surface area (Å²) in [7, 11) is -8.21. The van der Waals surface area contributed by atoms with Crippen LogP contribution in [0.1, 0.15) is 61.3 Å². The minimum absolute atomic E-state index is 0.187. The van der Waals surface area contributed by atoms with Gasteiger partial charge in [-0.15, -0.1) is 0 Å². The monoisotopic (exact) mass is 420 g/mol. The quantitative estimate of drug-likeness (QED) is 0.654. The average Bonchev–Trinajstić information content (AvgIpc) is 3.22. The molecule has 0 aromatic rings. The average molecular weight is 421 g/mol. The highest BCUT2D eigenvalue weighted by Crippen LogP contribution is 2.31. The highest BCUT2D eigenvalue weighted by atomic mass is 32.2. The van der Waals surface area contributed by atoms with Crippen molar-refractivity contribution in [3.8, 4) is 0 Å². The predicted molar refractivity (Wildman–Crippen MR) is 106 cm³/mol. The van der Waals surface area contributed by atoms with E-state index in [2.05, 4.69) is 0 Å². The summed E-state index contributed by atoms with van der Waals surface area (Å²) in [6.07, 6.45) is 3.47. The van der Waals surface area contributed by atoms with Gasteiger partial charge >= 0.3 is 0 Å². The maximum Gasteiger partial charge on any atom is 0.152 e. The van der Waals surface area contributed by atoms with Crippen LogP contribution in [0.3, 0.4) is 0 Å². The normalized spacial score (nSPS) is 15.5. The summed E-state index contributed by atoms with van der Waals surface area (Å²) in [5, 5.41) is -0.631. The Labute approximate surface area is 155 Å². The highest BCUT2D eigenvalue weighted by Gasteiger charge is 2.29. The number of hydrogen-bond acceptors (Lipinski definition) is 6. The smallest absolute Gasteiger partial charge is 0.152 e. The lowest BCUT2D eigenvalue weighted by Crippen LogP contribution is -2.18. The van der Waals surface area contributed by atoms with Crippen molar-refractivity contribution in [3.63, 3.8) is 0 Å². The molecule has 0 bridgehead atoms. The molecule has 1 aliphatic rings. The molecule has 0 heterocycles. The van der Waals surface area contributed by atoms with Crippen LogP contribution in [-0.2, 0) is 29.5 Å². The summed E-state index contributed by atoms with van der Waals surface area (Å²) < 4.78 is 64.4. The molecule has 6 nitrogen and oxygen atoms in total. The van der Waals surface area contributed by atoms with Crippen LogP contribution in [0.25, 0.3) is 0 Å². The van der Waals surface area contributed by atoms with E-state index in [1.165, 1.54) is 6.26 Å². The first-order valence-corrected chi connectivity index (χ1v) is 14.0. The molecule has 0 unspecified atom stereocenters. The van der Waals surface area contributed by atoms with Gasteiger partial charge in [0.2, 0.25) is 0 Å². The lowest BCUT2D eigenvalue weighted by Gasteiger charge is -2.04. The summed E-state index contributed by atoms with van der Waals surface area (Å²) in [6.45, 7) is 11.9. The Morgan fingerprint density at radius 1 is 0.720 bits per heavy atom. The molecule has 9 heteroatoms. The topological polar surface area (TPSA) is 102 Å². The third-order valence-corrected chi connectivity index (χ3v) is 10.2. The van der Waals surface area contributed by atoms with Crippen molar-refractivity contribution < 1.29 is 25.3 Å². The SMILES string of the molecule is CC(C)S(=O)(=O)CC1CC1.CC(C)S(C)(=O)=O.CCS(=O)(=O)C(C)C. The molecule has 0 N–H and O–H groups in total. The molecule has 0 aliphatic heterocycles. The van der Waals surface area contributed by atoms with E-state index in [1.54, 1.807) is 48.5 Å². The molecule has 154 valence electrons. The van der Waals surface area contributed by atoms with E-state index in [4.69, 9.17) is 0 Å². The zero-order valence-electron chi connectivity index (χ0n) is 16.8. The summed E-state index contributed by atoms with van der Waals surface area (Å²) in [4.78, 5) is 0. The van der Waals surface area contributed by atoms with Crippen LogP contribution >= 0.6 is 0 Å². The van der Waals surface area contributed by atoms with Crippen molar-refractivity contribution in [1.82, 2.24) is 0 Å². The van der Waals surface area contributed by atoms with Crippen LogP contribution in [-0.4, -0.2) is 58.8 Å². The lowest BCUT2D eigenvalue weighted by atomic mass is 10.5. The minimum Gasteiger partial charge on any atom is -0.229 e. The first kappa shape index (κ1) is 27.1. The molecule has 0 atom stereocenters. The van der Waals surface area contributed by atoms with Gasteiger partial charge in [-0.05, 0) is 60.3 Å². The van der Waals surface area contributed by atoms with Gasteiger partial charge in [0.05, 0.1) is 21.5 Å². The maximum absolute atomic E-state index is 11.2. The van der Waals surface area contributed by atoms with E-state index in [-0.39, 0.29) is 21.5 Å². The zero-order chi connectivity index (χ0) is 20.6. The molecule has 0 radical (unpaired) electrons.